The Bertz CT molecular complexity index is 976. The number of carbonyl (C=O) groups excluding carboxylic acids is 2. The van der Waals surface area contributed by atoms with Gasteiger partial charge in [0.05, 0.1) is 13.2 Å². The maximum Gasteiger partial charge on any atom is 0.322 e. The third-order valence-corrected chi connectivity index (χ3v) is 6.92. The fraction of sp³-hybridized carbons (Fsp3) is 0.462. The minimum Gasteiger partial charge on any atom is -0.378 e. The minimum absolute atomic E-state index is 0.0365. The maximum atomic E-state index is 12.8. The molecule has 3 aliphatic rings. The van der Waals surface area contributed by atoms with Crippen molar-refractivity contribution in [1.82, 2.24) is 10.2 Å². The van der Waals surface area contributed by atoms with Gasteiger partial charge in [0.15, 0.2) is 0 Å². The number of hydrogen-bond donors (Lipinski definition) is 1. The van der Waals surface area contributed by atoms with Gasteiger partial charge in [-0.1, -0.05) is 37.5 Å². The van der Waals surface area contributed by atoms with Gasteiger partial charge in [-0.05, 0) is 60.2 Å². The second-order valence-electron chi connectivity index (χ2n) is 9.01. The lowest BCUT2D eigenvalue weighted by Crippen LogP contribution is -2.45. The van der Waals surface area contributed by atoms with E-state index in [-0.39, 0.29) is 11.9 Å². The Morgan fingerprint density at radius 1 is 0.875 bits per heavy atom. The highest BCUT2D eigenvalue weighted by molar-refractivity contribution is 5.96. The number of rotatable bonds is 3. The zero-order valence-corrected chi connectivity index (χ0v) is 18.5. The van der Waals surface area contributed by atoms with Crippen LogP contribution in [0, 0.1) is 0 Å². The van der Waals surface area contributed by atoms with Crippen molar-refractivity contribution in [2.24, 2.45) is 0 Å². The van der Waals surface area contributed by atoms with E-state index in [4.69, 9.17) is 4.74 Å². The monoisotopic (exact) mass is 433 g/mol. The van der Waals surface area contributed by atoms with Crippen LogP contribution in [0.15, 0.2) is 42.5 Å². The zero-order valence-electron chi connectivity index (χ0n) is 18.5. The van der Waals surface area contributed by atoms with E-state index >= 15 is 0 Å². The molecule has 0 atom stereocenters. The van der Waals surface area contributed by atoms with E-state index in [0.717, 1.165) is 42.6 Å². The first kappa shape index (κ1) is 21.0. The van der Waals surface area contributed by atoms with Gasteiger partial charge < -0.3 is 15.0 Å². The summed E-state index contributed by atoms with van der Waals surface area (Å²) in [5.74, 6) is 0.0634. The molecule has 0 radical (unpaired) electrons. The summed E-state index contributed by atoms with van der Waals surface area (Å²) < 4.78 is 5.34. The topological polar surface area (TPSA) is 61.9 Å². The first-order valence-electron chi connectivity index (χ1n) is 11.9. The fourth-order valence-electron chi connectivity index (χ4n) is 5.05. The number of amides is 3. The lowest BCUT2D eigenvalue weighted by Gasteiger charge is -2.27. The molecule has 32 heavy (non-hydrogen) atoms. The standard InChI is InChI=1S/C26H31N3O3/c30-25(28-14-16-32-17-15-28)20-8-6-19(7-9-20)21-10-11-24-22(18-21)12-13-29(24)26(31)27-23-4-2-1-3-5-23/h6-11,18,23H,1-5,12-17H2,(H,27,31). The summed E-state index contributed by atoms with van der Waals surface area (Å²) in [6.07, 6.45) is 6.76. The molecule has 6 nitrogen and oxygen atoms in total. The summed E-state index contributed by atoms with van der Waals surface area (Å²) in [5.41, 5.74) is 5.12. The molecular weight excluding hydrogens is 402 g/mol. The molecule has 6 heteroatoms. The molecule has 0 spiro atoms. The van der Waals surface area contributed by atoms with Gasteiger partial charge in [-0.25, -0.2) is 4.79 Å². The molecule has 0 unspecified atom stereocenters. The average molecular weight is 434 g/mol. The van der Waals surface area contributed by atoms with Crippen molar-refractivity contribution >= 4 is 17.6 Å². The van der Waals surface area contributed by atoms with Gasteiger partial charge in [0, 0.05) is 36.9 Å². The molecule has 1 saturated heterocycles. The van der Waals surface area contributed by atoms with Gasteiger partial charge in [0.1, 0.15) is 0 Å². The van der Waals surface area contributed by atoms with E-state index in [1.807, 2.05) is 34.1 Å². The van der Waals surface area contributed by atoms with E-state index in [1.165, 1.54) is 24.8 Å². The van der Waals surface area contributed by atoms with E-state index in [0.29, 0.717) is 37.9 Å². The molecule has 2 aromatic carbocycles. The van der Waals surface area contributed by atoms with Crippen LogP contribution in [-0.4, -0.2) is 55.7 Å². The summed E-state index contributed by atoms with van der Waals surface area (Å²) in [6.45, 7) is 3.24. The fourth-order valence-corrected chi connectivity index (χ4v) is 5.05. The minimum atomic E-state index is 0.0365. The molecular formula is C26H31N3O3. The summed E-state index contributed by atoms with van der Waals surface area (Å²) in [7, 11) is 0. The van der Waals surface area contributed by atoms with Gasteiger partial charge in [0.2, 0.25) is 0 Å². The van der Waals surface area contributed by atoms with Crippen LogP contribution in [0.4, 0.5) is 10.5 Å². The number of anilines is 1. The van der Waals surface area contributed by atoms with Gasteiger partial charge >= 0.3 is 6.03 Å². The molecule has 2 fully saturated rings. The van der Waals surface area contributed by atoms with Crippen LogP contribution in [-0.2, 0) is 11.2 Å². The molecule has 0 bridgehead atoms. The van der Waals surface area contributed by atoms with Gasteiger partial charge in [0.25, 0.3) is 5.91 Å². The number of urea groups is 1. The van der Waals surface area contributed by atoms with Crippen molar-refractivity contribution in [2.75, 3.05) is 37.7 Å². The molecule has 2 heterocycles. The lowest BCUT2D eigenvalue weighted by molar-refractivity contribution is 0.0303. The molecule has 1 aliphatic carbocycles. The average Bonchev–Trinajstić information content (AvgIpc) is 3.28. The van der Waals surface area contributed by atoms with E-state index < -0.39 is 0 Å². The van der Waals surface area contributed by atoms with Crippen LogP contribution in [0.2, 0.25) is 0 Å². The van der Waals surface area contributed by atoms with Crippen molar-refractivity contribution in [3.63, 3.8) is 0 Å². The molecule has 3 amide bonds. The van der Waals surface area contributed by atoms with Crippen LogP contribution in [0.25, 0.3) is 11.1 Å². The Morgan fingerprint density at radius 3 is 2.34 bits per heavy atom. The van der Waals surface area contributed by atoms with Gasteiger partial charge in [-0.3, -0.25) is 9.69 Å². The maximum absolute atomic E-state index is 12.8. The summed E-state index contributed by atoms with van der Waals surface area (Å²) in [6, 6.07) is 14.5. The number of hydrogen-bond acceptors (Lipinski definition) is 3. The molecule has 2 aliphatic heterocycles. The summed E-state index contributed by atoms with van der Waals surface area (Å²) >= 11 is 0. The van der Waals surface area contributed by atoms with Crippen molar-refractivity contribution < 1.29 is 14.3 Å². The molecule has 168 valence electrons. The molecule has 0 aromatic heterocycles. The van der Waals surface area contributed by atoms with Crippen LogP contribution in [0.1, 0.15) is 48.0 Å². The lowest BCUT2D eigenvalue weighted by atomic mass is 9.96. The molecule has 1 saturated carbocycles. The van der Waals surface area contributed by atoms with E-state index in [9.17, 15) is 9.59 Å². The zero-order chi connectivity index (χ0) is 21.9. The smallest absolute Gasteiger partial charge is 0.322 e. The Labute approximate surface area is 189 Å². The predicted molar refractivity (Wildman–Crippen MR) is 125 cm³/mol. The Morgan fingerprint density at radius 2 is 1.59 bits per heavy atom. The van der Waals surface area contributed by atoms with Crippen molar-refractivity contribution in [3.8, 4) is 11.1 Å². The van der Waals surface area contributed by atoms with Crippen LogP contribution in [0.3, 0.4) is 0 Å². The third kappa shape index (κ3) is 4.37. The summed E-state index contributed by atoms with van der Waals surface area (Å²) in [5, 5.41) is 3.24. The van der Waals surface area contributed by atoms with Gasteiger partial charge in [-0.2, -0.15) is 0 Å². The van der Waals surface area contributed by atoms with Crippen molar-refractivity contribution in [2.45, 2.75) is 44.6 Å². The van der Waals surface area contributed by atoms with Crippen LogP contribution < -0.4 is 10.2 Å². The number of ether oxygens (including phenoxy) is 1. The van der Waals surface area contributed by atoms with E-state index in [1.54, 1.807) is 0 Å². The second kappa shape index (κ2) is 9.33. The van der Waals surface area contributed by atoms with Crippen molar-refractivity contribution in [3.05, 3.63) is 53.6 Å². The molecule has 5 rings (SSSR count). The normalized spacial score (nSPS) is 19.0. The highest BCUT2D eigenvalue weighted by Gasteiger charge is 2.27. The number of fused-ring (bicyclic) bond motifs is 1. The quantitative estimate of drug-likeness (QED) is 0.788. The number of nitrogens with one attached hydrogen (secondary N) is 1. The van der Waals surface area contributed by atoms with Crippen LogP contribution >= 0.6 is 0 Å². The number of carbonyl (C=O) groups is 2. The highest BCUT2D eigenvalue weighted by Crippen LogP contribution is 2.33. The number of nitrogens with zero attached hydrogens (tertiary/aromatic N) is 2. The SMILES string of the molecule is O=C(c1ccc(-c2ccc3c(c2)CCN3C(=O)NC2CCCCC2)cc1)N1CCOCC1. The van der Waals surface area contributed by atoms with Crippen molar-refractivity contribution in [1.29, 1.82) is 0 Å². The highest BCUT2D eigenvalue weighted by atomic mass is 16.5. The number of morpholine rings is 1. The Hall–Kier alpha value is -2.86. The number of benzene rings is 2. The molecule has 2 aromatic rings. The molecule has 1 N–H and O–H groups in total. The summed E-state index contributed by atoms with van der Waals surface area (Å²) in [4.78, 5) is 29.2. The van der Waals surface area contributed by atoms with Crippen LogP contribution in [0.5, 0.6) is 0 Å². The van der Waals surface area contributed by atoms with Gasteiger partial charge in [-0.15, -0.1) is 0 Å². The first-order valence-corrected chi connectivity index (χ1v) is 11.9. The third-order valence-electron chi connectivity index (χ3n) is 6.92. The Balaban J connectivity index is 1.27. The largest absolute Gasteiger partial charge is 0.378 e. The second-order valence-corrected chi connectivity index (χ2v) is 9.01. The van der Waals surface area contributed by atoms with E-state index in [2.05, 4.69) is 23.5 Å². The first-order chi connectivity index (χ1) is 15.7. The Kier molecular flexibility index (Phi) is 6.12. The predicted octanol–water partition coefficient (Wildman–Crippen LogP) is 4.23.